The van der Waals surface area contributed by atoms with E-state index in [1.165, 1.54) is 41.4 Å². The number of carbonyl (C=O) groups excluding carboxylic acids is 2. The maximum atomic E-state index is 13.2. The SMILES string of the molecule is O=C1C=CN(C(=O)Nc2cc(C(F)(F)F)c(Cl)cc2Br)C(c2ccc(F)cc2)C1. The van der Waals surface area contributed by atoms with Gasteiger partial charge in [-0.3, -0.25) is 9.69 Å². The van der Waals surface area contributed by atoms with E-state index >= 15 is 0 Å². The quantitative estimate of drug-likeness (QED) is 0.500. The van der Waals surface area contributed by atoms with Gasteiger partial charge in [0, 0.05) is 17.1 Å². The number of carbonyl (C=O) groups is 2. The third-order valence-corrected chi connectivity index (χ3v) is 5.21. The Bertz CT molecular complexity index is 993. The number of amides is 2. The van der Waals surface area contributed by atoms with Crippen LogP contribution in [-0.2, 0) is 11.0 Å². The normalized spacial score (nSPS) is 16.8. The van der Waals surface area contributed by atoms with Gasteiger partial charge in [0.1, 0.15) is 5.82 Å². The molecule has 1 aliphatic rings. The third kappa shape index (κ3) is 4.79. The Morgan fingerprint density at radius 2 is 1.86 bits per heavy atom. The van der Waals surface area contributed by atoms with Crippen molar-refractivity contribution in [1.82, 2.24) is 4.90 Å². The van der Waals surface area contributed by atoms with Gasteiger partial charge in [0.2, 0.25) is 0 Å². The van der Waals surface area contributed by atoms with Crippen molar-refractivity contribution in [2.24, 2.45) is 0 Å². The molecule has 4 nitrogen and oxygen atoms in total. The molecule has 0 aromatic heterocycles. The van der Waals surface area contributed by atoms with Crippen LogP contribution in [0, 0.1) is 5.82 Å². The monoisotopic (exact) mass is 490 g/mol. The van der Waals surface area contributed by atoms with Crippen LogP contribution < -0.4 is 5.32 Å². The topological polar surface area (TPSA) is 49.4 Å². The van der Waals surface area contributed by atoms with Crippen LogP contribution >= 0.6 is 27.5 Å². The first-order valence-corrected chi connectivity index (χ1v) is 9.35. The minimum Gasteiger partial charge on any atom is -0.306 e. The third-order valence-electron chi connectivity index (χ3n) is 4.24. The lowest BCUT2D eigenvalue weighted by atomic mass is 9.97. The maximum absolute atomic E-state index is 13.2. The Hall–Kier alpha value is -2.39. The smallest absolute Gasteiger partial charge is 0.306 e. The van der Waals surface area contributed by atoms with Gasteiger partial charge in [-0.2, -0.15) is 13.2 Å². The average molecular weight is 492 g/mol. The van der Waals surface area contributed by atoms with Crippen LogP contribution in [0.15, 0.2) is 53.1 Å². The number of alkyl halides is 3. The maximum Gasteiger partial charge on any atom is 0.417 e. The van der Waals surface area contributed by atoms with E-state index in [-0.39, 0.29) is 22.4 Å². The molecule has 2 aromatic rings. The largest absolute Gasteiger partial charge is 0.417 e. The van der Waals surface area contributed by atoms with Gasteiger partial charge in [0.05, 0.1) is 22.3 Å². The van der Waals surface area contributed by atoms with E-state index in [1.807, 2.05) is 0 Å². The number of rotatable bonds is 2. The van der Waals surface area contributed by atoms with Crippen LogP contribution in [-0.4, -0.2) is 16.7 Å². The molecule has 2 aromatic carbocycles. The molecule has 1 atom stereocenters. The molecule has 1 heterocycles. The lowest BCUT2D eigenvalue weighted by Crippen LogP contribution is -2.37. The Kier molecular flexibility index (Phi) is 6.00. The summed E-state index contributed by atoms with van der Waals surface area (Å²) < 4.78 is 52.7. The number of hydrogen-bond donors (Lipinski definition) is 1. The van der Waals surface area contributed by atoms with E-state index in [2.05, 4.69) is 21.2 Å². The van der Waals surface area contributed by atoms with Crippen molar-refractivity contribution in [2.75, 3.05) is 5.32 Å². The van der Waals surface area contributed by atoms with Gasteiger partial charge < -0.3 is 5.32 Å². The van der Waals surface area contributed by atoms with Gasteiger partial charge in [-0.05, 0) is 51.8 Å². The highest BCUT2D eigenvalue weighted by Gasteiger charge is 2.35. The minimum absolute atomic E-state index is 0.0505. The first-order valence-electron chi connectivity index (χ1n) is 8.18. The number of nitrogens with one attached hydrogen (secondary N) is 1. The average Bonchev–Trinajstić information content (AvgIpc) is 2.63. The van der Waals surface area contributed by atoms with Crippen LogP contribution in [0.4, 0.5) is 28.0 Å². The second-order valence-electron chi connectivity index (χ2n) is 6.20. The number of halogens is 6. The van der Waals surface area contributed by atoms with Gasteiger partial charge in [-0.15, -0.1) is 0 Å². The summed E-state index contributed by atoms with van der Waals surface area (Å²) >= 11 is 8.73. The van der Waals surface area contributed by atoms with Crippen molar-refractivity contribution in [3.8, 4) is 0 Å². The molecule has 1 unspecified atom stereocenters. The summed E-state index contributed by atoms with van der Waals surface area (Å²) in [5.41, 5.74) is -0.739. The second-order valence-corrected chi connectivity index (χ2v) is 7.46. The summed E-state index contributed by atoms with van der Waals surface area (Å²) in [4.78, 5) is 25.8. The highest BCUT2D eigenvalue weighted by atomic mass is 79.9. The Labute approximate surface area is 176 Å². The molecule has 0 fully saturated rings. The van der Waals surface area contributed by atoms with E-state index in [4.69, 9.17) is 11.6 Å². The van der Waals surface area contributed by atoms with E-state index in [0.29, 0.717) is 5.56 Å². The van der Waals surface area contributed by atoms with Gasteiger partial charge in [-0.1, -0.05) is 23.7 Å². The van der Waals surface area contributed by atoms with Gasteiger partial charge in [-0.25, -0.2) is 9.18 Å². The zero-order chi connectivity index (χ0) is 21.3. The van der Waals surface area contributed by atoms with Crippen LogP contribution in [0.3, 0.4) is 0 Å². The molecular weight excluding hydrogens is 480 g/mol. The standard InChI is InChI=1S/C19H12BrClF4N2O2/c20-14-9-15(21)13(19(23,24)25)8-16(14)26-18(29)27-6-5-12(28)7-17(27)10-1-3-11(22)4-2-10/h1-6,8-9,17H,7H2,(H,26,29). The highest BCUT2D eigenvalue weighted by molar-refractivity contribution is 9.10. The molecule has 0 bridgehead atoms. The number of nitrogens with zero attached hydrogens (tertiary/aromatic N) is 1. The number of anilines is 1. The molecule has 1 aliphatic heterocycles. The predicted molar refractivity (Wildman–Crippen MR) is 103 cm³/mol. The van der Waals surface area contributed by atoms with Crippen LogP contribution in [0.5, 0.6) is 0 Å². The van der Waals surface area contributed by atoms with Crippen LogP contribution in [0.25, 0.3) is 0 Å². The first-order chi connectivity index (χ1) is 13.6. The lowest BCUT2D eigenvalue weighted by molar-refractivity contribution is -0.137. The number of allylic oxidation sites excluding steroid dienone is 1. The van der Waals surface area contributed by atoms with Crippen molar-refractivity contribution in [2.45, 2.75) is 18.6 Å². The van der Waals surface area contributed by atoms with Crippen molar-refractivity contribution in [1.29, 1.82) is 0 Å². The van der Waals surface area contributed by atoms with E-state index in [0.717, 1.165) is 12.1 Å². The lowest BCUT2D eigenvalue weighted by Gasteiger charge is -2.31. The number of ketones is 1. The Morgan fingerprint density at radius 1 is 1.21 bits per heavy atom. The fourth-order valence-corrected chi connectivity index (χ4v) is 3.68. The summed E-state index contributed by atoms with van der Waals surface area (Å²) in [6.07, 6.45) is -2.32. The summed E-state index contributed by atoms with van der Waals surface area (Å²) in [7, 11) is 0. The summed E-state index contributed by atoms with van der Waals surface area (Å²) in [6, 6.07) is 5.52. The van der Waals surface area contributed by atoms with Gasteiger partial charge >= 0.3 is 12.2 Å². The van der Waals surface area contributed by atoms with Crippen LogP contribution in [0.2, 0.25) is 5.02 Å². The molecule has 0 spiro atoms. The Balaban J connectivity index is 1.91. The zero-order valence-electron chi connectivity index (χ0n) is 14.4. The Morgan fingerprint density at radius 3 is 2.48 bits per heavy atom. The molecule has 152 valence electrons. The fraction of sp³-hybridized carbons (Fsp3) is 0.158. The molecular formula is C19H12BrClF4N2O2. The predicted octanol–water partition coefficient (Wildman–Crippen LogP) is 6.32. The molecule has 0 aliphatic carbocycles. The number of benzene rings is 2. The van der Waals surface area contributed by atoms with Crippen LogP contribution in [0.1, 0.15) is 23.6 Å². The van der Waals surface area contributed by atoms with Gasteiger partial charge in [0.25, 0.3) is 0 Å². The molecule has 0 saturated heterocycles. The minimum atomic E-state index is -4.70. The van der Waals surface area contributed by atoms with E-state index in [1.54, 1.807) is 0 Å². The molecule has 3 rings (SSSR count). The molecule has 2 amide bonds. The second kappa shape index (κ2) is 8.16. The van der Waals surface area contributed by atoms with Crippen molar-refractivity contribution >= 4 is 45.0 Å². The number of urea groups is 1. The summed E-state index contributed by atoms with van der Waals surface area (Å²) in [6.45, 7) is 0. The fourth-order valence-electron chi connectivity index (χ4n) is 2.84. The van der Waals surface area contributed by atoms with E-state index < -0.39 is 34.7 Å². The van der Waals surface area contributed by atoms with Crippen molar-refractivity contribution in [3.05, 3.63) is 75.1 Å². The molecule has 0 saturated carbocycles. The molecule has 1 N–H and O–H groups in total. The van der Waals surface area contributed by atoms with Gasteiger partial charge in [0.15, 0.2) is 5.78 Å². The molecule has 0 radical (unpaired) electrons. The summed E-state index contributed by atoms with van der Waals surface area (Å²) in [5, 5.41) is 1.87. The first kappa shape index (κ1) is 21.3. The molecule has 29 heavy (non-hydrogen) atoms. The molecule has 10 heteroatoms. The highest BCUT2D eigenvalue weighted by Crippen LogP contribution is 2.39. The zero-order valence-corrected chi connectivity index (χ0v) is 16.8. The number of hydrogen-bond acceptors (Lipinski definition) is 2. The van der Waals surface area contributed by atoms with Crippen molar-refractivity contribution in [3.63, 3.8) is 0 Å². The summed E-state index contributed by atoms with van der Waals surface area (Å²) in [5.74, 6) is -0.720. The van der Waals surface area contributed by atoms with E-state index in [9.17, 15) is 27.2 Å². The van der Waals surface area contributed by atoms with Crippen molar-refractivity contribution < 1.29 is 27.2 Å².